The number of aryl methyl sites for hydroxylation is 1. The summed E-state index contributed by atoms with van der Waals surface area (Å²) in [5.41, 5.74) is 9.42. The van der Waals surface area contributed by atoms with Crippen LogP contribution in [0.25, 0.3) is 10.4 Å². The minimum absolute atomic E-state index is 0.192. The van der Waals surface area contributed by atoms with Gasteiger partial charge >= 0.3 is 0 Å². The maximum absolute atomic E-state index is 11.8. The number of anilines is 1. The zero-order chi connectivity index (χ0) is 15.0. The fraction of sp³-hybridized carbons (Fsp3) is 0.250. The van der Waals surface area contributed by atoms with E-state index in [2.05, 4.69) is 17.4 Å². The second kappa shape index (κ2) is 5.33. The molecular weight excluding hydrogens is 284 g/mol. The van der Waals surface area contributed by atoms with E-state index >= 15 is 0 Å². The molecule has 4 nitrogen and oxygen atoms in total. The maximum Gasteiger partial charge on any atom is 0.252 e. The van der Waals surface area contributed by atoms with Crippen LogP contribution < -0.4 is 11.1 Å². The van der Waals surface area contributed by atoms with E-state index in [-0.39, 0.29) is 5.91 Å². The van der Waals surface area contributed by atoms with Gasteiger partial charge in [-0.3, -0.25) is 9.59 Å². The van der Waals surface area contributed by atoms with E-state index in [1.54, 1.807) is 0 Å². The van der Waals surface area contributed by atoms with Crippen molar-refractivity contribution >= 4 is 28.2 Å². The molecule has 3 N–H and O–H groups in total. The summed E-state index contributed by atoms with van der Waals surface area (Å²) in [4.78, 5) is 24.3. The molecule has 0 aliphatic heterocycles. The van der Waals surface area contributed by atoms with E-state index in [1.165, 1.54) is 23.8 Å². The number of nitrogens with two attached hydrogens (primary N) is 1. The summed E-state index contributed by atoms with van der Waals surface area (Å²) in [5, 5.41) is 3.31. The van der Waals surface area contributed by atoms with Gasteiger partial charge in [-0.25, -0.2) is 0 Å². The number of nitrogens with one attached hydrogen (secondary N) is 1. The number of rotatable bonds is 2. The molecule has 1 aliphatic carbocycles. The van der Waals surface area contributed by atoms with Crippen molar-refractivity contribution in [2.45, 2.75) is 26.2 Å². The lowest BCUT2D eigenvalue weighted by molar-refractivity contribution is -0.114. The highest BCUT2D eigenvalue weighted by molar-refractivity contribution is 7.20. The van der Waals surface area contributed by atoms with Crippen LogP contribution in [0.5, 0.6) is 0 Å². The van der Waals surface area contributed by atoms with Crippen molar-refractivity contribution in [3.8, 4) is 10.4 Å². The third kappa shape index (κ3) is 2.45. The quantitative estimate of drug-likeness (QED) is 0.895. The van der Waals surface area contributed by atoms with Crippen LogP contribution in [-0.2, 0) is 17.6 Å². The molecule has 108 valence electrons. The Bertz CT molecular complexity index is 734. The summed E-state index contributed by atoms with van der Waals surface area (Å²) in [6, 6.07) is 8.21. The number of carbonyl (C=O) groups excluding carboxylic acids is 2. The van der Waals surface area contributed by atoms with E-state index in [0.717, 1.165) is 35.3 Å². The van der Waals surface area contributed by atoms with Crippen molar-refractivity contribution in [2.75, 3.05) is 5.32 Å². The SMILES string of the molecule is CC(=O)Nc1sc2c(c1C(N)=O)CCCc1ccccc1-2. The molecule has 0 atom stereocenters. The van der Waals surface area contributed by atoms with Crippen LogP contribution in [0.15, 0.2) is 24.3 Å². The Kier molecular flexibility index (Phi) is 3.51. The van der Waals surface area contributed by atoms with Crippen LogP contribution in [0.1, 0.15) is 34.8 Å². The number of thiophene rings is 1. The van der Waals surface area contributed by atoms with E-state index in [4.69, 9.17) is 5.73 Å². The summed E-state index contributed by atoms with van der Waals surface area (Å²) in [7, 11) is 0. The average Bonchev–Trinajstić information content (AvgIpc) is 2.67. The number of hydrogen-bond donors (Lipinski definition) is 2. The molecule has 5 heteroatoms. The Morgan fingerprint density at radius 2 is 2.00 bits per heavy atom. The van der Waals surface area contributed by atoms with E-state index in [9.17, 15) is 9.59 Å². The molecular formula is C16H16N2O2S. The van der Waals surface area contributed by atoms with Gasteiger partial charge in [-0.1, -0.05) is 24.3 Å². The molecule has 1 heterocycles. The minimum atomic E-state index is -0.476. The number of benzene rings is 1. The molecule has 2 aromatic rings. The lowest BCUT2D eigenvalue weighted by atomic mass is 10.0. The predicted molar refractivity (Wildman–Crippen MR) is 84.6 cm³/mol. The third-order valence-corrected chi connectivity index (χ3v) is 4.86. The van der Waals surface area contributed by atoms with Crippen molar-refractivity contribution in [1.82, 2.24) is 0 Å². The second-order valence-corrected chi connectivity index (χ2v) is 6.19. The van der Waals surface area contributed by atoms with Crippen molar-refractivity contribution < 1.29 is 9.59 Å². The fourth-order valence-electron chi connectivity index (χ4n) is 2.85. The van der Waals surface area contributed by atoms with Crippen LogP contribution in [0.4, 0.5) is 5.00 Å². The monoisotopic (exact) mass is 300 g/mol. The molecule has 2 amide bonds. The molecule has 0 radical (unpaired) electrons. The zero-order valence-corrected chi connectivity index (χ0v) is 12.5. The Balaban J connectivity index is 2.23. The Hall–Kier alpha value is -2.14. The molecule has 0 saturated carbocycles. The third-order valence-electron chi connectivity index (χ3n) is 3.68. The van der Waals surface area contributed by atoms with E-state index in [1.807, 2.05) is 12.1 Å². The summed E-state index contributed by atoms with van der Waals surface area (Å²) in [5.74, 6) is -0.669. The van der Waals surface area contributed by atoms with Crippen LogP contribution in [-0.4, -0.2) is 11.8 Å². The van der Waals surface area contributed by atoms with Gasteiger partial charge < -0.3 is 11.1 Å². The predicted octanol–water partition coefficient (Wildman–Crippen LogP) is 2.96. The molecule has 0 bridgehead atoms. The normalized spacial score (nSPS) is 13.0. The Morgan fingerprint density at radius 3 is 2.71 bits per heavy atom. The van der Waals surface area contributed by atoms with E-state index in [0.29, 0.717) is 10.6 Å². The van der Waals surface area contributed by atoms with Crippen molar-refractivity contribution in [3.05, 3.63) is 41.0 Å². The van der Waals surface area contributed by atoms with Crippen molar-refractivity contribution in [3.63, 3.8) is 0 Å². The minimum Gasteiger partial charge on any atom is -0.365 e. The summed E-state index contributed by atoms with van der Waals surface area (Å²) in [6.45, 7) is 1.43. The van der Waals surface area contributed by atoms with Gasteiger partial charge in [0, 0.05) is 11.8 Å². The van der Waals surface area contributed by atoms with Crippen LogP contribution in [0, 0.1) is 0 Å². The first-order chi connectivity index (χ1) is 10.1. The van der Waals surface area contributed by atoms with Crippen LogP contribution >= 0.6 is 11.3 Å². The summed E-state index contributed by atoms with van der Waals surface area (Å²) >= 11 is 1.44. The average molecular weight is 300 g/mol. The van der Waals surface area contributed by atoms with Gasteiger partial charge in [0.15, 0.2) is 0 Å². The number of amides is 2. The molecule has 0 spiro atoms. The Morgan fingerprint density at radius 1 is 1.24 bits per heavy atom. The summed E-state index contributed by atoms with van der Waals surface area (Å²) in [6.07, 6.45) is 2.77. The first-order valence-electron chi connectivity index (χ1n) is 6.89. The number of hydrogen-bond acceptors (Lipinski definition) is 3. The lowest BCUT2D eigenvalue weighted by Crippen LogP contribution is -2.16. The van der Waals surface area contributed by atoms with Gasteiger partial charge in [0.05, 0.1) is 5.56 Å². The number of fused-ring (bicyclic) bond motifs is 3. The topological polar surface area (TPSA) is 72.2 Å². The molecule has 1 aromatic heterocycles. The summed E-state index contributed by atoms with van der Waals surface area (Å²) < 4.78 is 0. The highest BCUT2D eigenvalue weighted by atomic mass is 32.1. The standard InChI is InChI=1S/C16H16N2O2S/c1-9(19)18-16-13(15(17)20)12-8-4-6-10-5-2-3-7-11(10)14(12)21-16/h2-3,5,7H,4,6,8H2,1H3,(H2,17,20)(H,18,19). The van der Waals surface area contributed by atoms with Gasteiger partial charge in [0.25, 0.3) is 5.91 Å². The number of carbonyl (C=O) groups is 2. The second-order valence-electron chi connectivity index (χ2n) is 5.17. The van der Waals surface area contributed by atoms with Crippen molar-refractivity contribution in [2.24, 2.45) is 5.73 Å². The van der Waals surface area contributed by atoms with Gasteiger partial charge in [-0.05, 0) is 36.0 Å². The van der Waals surface area contributed by atoms with Gasteiger partial charge in [-0.15, -0.1) is 11.3 Å². The molecule has 3 rings (SSSR count). The van der Waals surface area contributed by atoms with Gasteiger partial charge in [0.1, 0.15) is 5.00 Å². The molecule has 21 heavy (non-hydrogen) atoms. The van der Waals surface area contributed by atoms with Crippen LogP contribution in [0.2, 0.25) is 0 Å². The molecule has 0 saturated heterocycles. The molecule has 1 aromatic carbocycles. The first-order valence-corrected chi connectivity index (χ1v) is 7.71. The Labute approximate surface area is 127 Å². The number of primary amides is 1. The lowest BCUT2D eigenvalue weighted by Gasteiger charge is -2.04. The maximum atomic E-state index is 11.8. The van der Waals surface area contributed by atoms with Crippen LogP contribution in [0.3, 0.4) is 0 Å². The first kappa shape index (κ1) is 13.8. The van der Waals surface area contributed by atoms with E-state index < -0.39 is 5.91 Å². The fourth-order valence-corrected chi connectivity index (χ4v) is 4.21. The highest BCUT2D eigenvalue weighted by Crippen LogP contribution is 2.44. The molecule has 0 unspecified atom stereocenters. The largest absolute Gasteiger partial charge is 0.365 e. The van der Waals surface area contributed by atoms with Gasteiger partial charge in [-0.2, -0.15) is 0 Å². The molecule has 1 aliphatic rings. The molecule has 0 fully saturated rings. The highest BCUT2D eigenvalue weighted by Gasteiger charge is 2.26. The van der Waals surface area contributed by atoms with Gasteiger partial charge in [0.2, 0.25) is 5.91 Å². The zero-order valence-electron chi connectivity index (χ0n) is 11.7. The smallest absolute Gasteiger partial charge is 0.252 e. The van der Waals surface area contributed by atoms with Crippen molar-refractivity contribution in [1.29, 1.82) is 0 Å².